The third-order valence-electron chi connectivity index (χ3n) is 14.4. The van der Waals surface area contributed by atoms with E-state index in [1.54, 1.807) is 6.08 Å². The van der Waals surface area contributed by atoms with E-state index in [2.05, 4.69) is 43.5 Å². The van der Waals surface area contributed by atoms with Gasteiger partial charge in [-0.25, -0.2) is 0 Å². The van der Waals surface area contributed by atoms with Crippen LogP contribution >= 0.6 is 0 Å². The first kappa shape index (κ1) is 66.4. The monoisotopic (exact) mass is 990 g/mol. The second kappa shape index (κ2) is 50.9. The quantitative estimate of drug-likeness (QED) is 0.0261. The summed E-state index contributed by atoms with van der Waals surface area (Å²) in [4.78, 5) is 13.1. The van der Waals surface area contributed by atoms with E-state index in [0.717, 1.165) is 51.4 Å². The summed E-state index contributed by atoms with van der Waals surface area (Å²) in [5, 5.41) is 54.5. The van der Waals surface area contributed by atoms with Gasteiger partial charge in [0, 0.05) is 6.42 Å². The fourth-order valence-electron chi connectivity index (χ4n) is 9.64. The molecule has 0 spiro atoms. The van der Waals surface area contributed by atoms with Crippen molar-refractivity contribution in [3.8, 4) is 0 Å². The SMILES string of the molecule is CCCCCCCCCCCCCC/C=C\CCCCCCCCCC(=O)NC(COC1OC(CO)C(O)C(O)C1O)C(O)/C=C/CC/C=C/CCCCCCCCCCCCCCCCCCCC. The van der Waals surface area contributed by atoms with Crippen LogP contribution in [0.15, 0.2) is 36.5 Å². The van der Waals surface area contributed by atoms with E-state index in [1.165, 1.54) is 218 Å². The number of carbonyl (C=O) groups excluding carboxylic acids is 1. The minimum atomic E-state index is -1.57. The molecule has 0 aromatic rings. The van der Waals surface area contributed by atoms with Crippen LogP contribution in [0.2, 0.25) is 0 Å². The highest BCUT2D eigenvalue weighted by Gasteiger charge is 2.44. The Morgan fingerprint density at radius 3 is 1.20 bits per heavy atom. The molecule has 412 valence electrons. The fourth-order valence-corrected chi connectivity index (χ4v) is 9.64. The molecule has 1 saturated heterocycles. The van der Waals surface area contributed by atoms with Crippen LogP contribution in [0.25, 0.3) is 0 Å². The van der Waals surface area contributed by atoms with Gasteiger partial charge in [-0.3, -0.25) is 4.79 Å². The van der Waals surface area contributed by atoms with Crippen LogP contribution in [-0.4, -0.2) is 87.5 Å². The second-order valence-electron chi connectivity index (χ2n) is 21.1. The van der Waals surface area contributed by atoms with Crippen molar-refractivity contribution in [2.24, 2.45) is 0 Å². The Kier molecular flexibility index (Phi) is 48.3. The number of amides is 1. The largest absolute Gasteiger partial charge is 0.394 e. The highest BCUT2D eigenvalue weighted by Crippen LogP contribution is 2.23. The lowest BCUT2D eigenvalue weighted by Crippen LogP contribution is -2.60. The van der Waals surface area contributed by atoms with E-state index in [0.29, 0.717) is 6.42 Å². The zero-order valence-corrected chi connectivity index (χ0v) is 45.8. The lowest BCUT2D eigenvalue weighted by Gasteiger charge is -2.40. The molecule has 1 aliphatic heterocycles. The molecule has 9 nitrogen and oxygen atoms in total. The lowest BCUT2D eigenvalue weighted by molar-refractivity contribution is -0.302. The average molecular weight is 991 g/mol. The molecule has 0 radical (unpaired) electrons. The Labute approximate surface area is 431 Å². The van der Waals surface area contributed by atoms with Gasteiger partial charge in [0.1, 0.15) is 24.4 Å². The van der Waals surface area contributed by atoms with E-state index < -0.39 is 49.5 Å². The maximum absolute atomic E-state index is 13.1. The molecule has 0 aromatic carbocycles. The maximum atomic E-state index is 13.1. The summed E-state index contributed by atoms with van der Waals surface area (Å²) in [5.74, 6) is -0.187. The molecule has 1 rings (SSSR count). The Balaban J connectivity index is 2.24. The summed E-state index contributed by atoms with van der Waals surface area (Å²) in [6, 6.07) is -0.824. The van der Waals surface area contributed by atoms with Gasteiger partial charge in [0.15, 0.2) is 6.29 Å². The van der Waals surface area contributed by atoms with Crippen LogP contribution in [0, 0.1) is 0 Å². The Morgan fingerprint density at radius 1 is 0.471 bits per heavy atom. The molecule has 1 amide bonds. The second-order valence-corrected chi connectivity index (χ2v) is 21.1. The molecule has 1 aliphatic rings. The van der Waals surface area contributed by atoms with Gasteiger partial charge in [0.2, 0.25) is 5.91 Å². The number of ether oxygens (including phenoxy) is 2. The molecule has 0 saturated carbocycles. The Bertz CT molecular complexity index is 1190. The first-order valence-corrected chi connectivity index (χ1v) is 30.2. The topological polar surface area (TPSA) is 149 Å². The van der Waals surface area contributed by atoms with E-state index in [9.17, 15) is 30.3 Å². The number of hydrogen-bond acceptors (Lipinski definition) is 8. The summed E-state index contributed by atoms with van der Waals surface area (Å²) < 4.78 is 11.3. The highest BCUT2D eigenvalue weighted by molar-refractivity contribution is 5.76. The zero-order valence-electron chi connectivity index (χ0n) is 45.8. The van der Waals surface area contributed by atoms with Gasteiger partial charge in [0.25, 0.3) is 0 Å². The minimum Gasteiger partial charge on any atom is -0.394 e. The number of nitrogens with one attached hydrogen (secondary N) is 1. The van der Waals surface area contributed by atoms with Crippen molar-refractivity contribution in [2.75, 3.05) is 13.2 Å². The van der Waals surface area contributed by atoms with E-state index in [-0.39, 0.29) is 12.5 Å². The van der Waals surface area contributed by atoms with E-state index >= 15 is 0 Å². The number of allylic oxidation sites excluding steroid dienone is 5. The van der Waals surface area contributed by atoms with Crippen molar-refractivity contribution in [1.82, 2.24) is 5.32 Å². The van der Waals surface area contributed by atoms with Crippen molar-refractivity contribution >= 4 is 5.91 Å². The maximum Gasteiger partial charge on any atom is 0.220 e. The van der Waals surface area contributed by atoms with Crippen LogP contribution in [0.4, 0.5) is 0 Å². The zero-order chi connectivity index (χ0) is 50.8. The molecule has 9 heteroatoms. The van der Waals surface area contributed by atoms with Crippen molar-refractivity contribution in [3.05, 3.63) is 36.5 Å². The molecule has 0 aliphatic carbocycles. The molecule has 1 fully saturated rings. The van der Waals surface area contributed by atoms with Gasteiger partial charge >= 0.3 is 0 Å². The van der Waals surface area contributed by atoms with Gasteiger partial charge < -0.3 is 40.3 Å². The van der Waals surface area contributed by atoms with E-state index in [4.69, 9.17) is 9.47 Å². The van der Waals surface area contributed by atoms with Crippen LogP contribution < -0.4 is 5.32 Å². The van der Waals surface area contributed by atoms with Crippen molar-refractivity contribution in [3.63, 3.8) is 0 Å². The Morgan fingerprint density at radius 2 is 0.814 bits per heavy atom. The first-order valence-electron chi connectivity index (χ1n) is 30.2. The third-order valence-corrected chi connectivity index (χ3v) is 14.4. The fraction of sp³-hybridized carbons (Fsp3) is 0.885. The minimum absolute atomic E-state index is 0.187. The average Bonchev–Trinajstić information content (AvgIpc) is 3.36. The summed E-state index contributed by atoms with van der Waals surface area (Å²) in [6.07, 6.45) is 59.3. The molecule has 7 unspecified atom stereocenters. The van der Waals surface area contributed by atoms with Crippen LogP contribution in [0.5, 0.6) is 0 Å². The van der Waals surface area contributed by atoms with Gasteiger partial charge in [-0.1, -0.05) is 262 Å². The number of rotatable bonds is 52. The summed E-state index contributed by atoms with van der Waals surface area (Å²) in [7, 11) is 0. The van der Waals surface area contributed by atoms with Crippen LogP contribution in [0.3, 0.4) is 0 Å². The molecule has 7 atom stereocenters. The Hall–Kier alpha value is -1.59. The molecular weight excluding hydrogens is 875 g/mol. The number of aliphatic hydroxyl groups is 5. The molecule has 6 N–H and O–H groups in total. The van der Waals surface area contributed by atoms with Gasteiger partial charge in [-0.2, -0.15) is 0 Å². The smallest absolute Gasteiger partial charge is 0.220 e. The molecule has 0 bridgehead atoms. The first-order chi connectivity index (χ1) is 34.3. The van der Waals surface area contributed by atoms with Gasteiger partial charge in [0.05, 0.1) is 25.4 Å². The summed E-state index contributed by atoms with van der Waals surface area (Å²) in [6.45, 7) is 3.80. The van der Waals surface area contributed by atoms with Crippen molar-refractivity contribution in [1.29, 1.82) is 0 Å². The molecular formula is C61H115NO8. The van der Waals surface area contributed by atoms with Gasteiger partial charge in [-0.15, -0.1) is 0 Å². The van der Waals surface area contributed by atoms with Crippen molar-refractivity contribution in [2.45, 2.75) is 333 Å². The predicted molar refractivity (Wildman–Crippen MR) is 295 cm³/mol. The predicted octanol–water partition coefficient (Wildman–Crippen LogP) is 15.1. The van der Waals surface area contributed by atoms with Gasteiger partial charge in [-0.05, 0) is 57.8 Å². The number of aliphatic hydroxyl groups excluding tert-OH is 5. The molecule has 0 aromatic heterocycles. The summed E-state index contributed by atoms with van der Waals surface area (Å²) in [5.41, 5.74) is 0. The molecule has 70 heavy (non-hydrogen) atoms. The number of unbranched alkanes of at least 4 members (excludes halogenated alkanes) is 38. The number of hydrogen-bond donors (Lipinski definition) is 6. The lowest BCUT2D eigenvalue weighted by atomic mass is 9.99. The standard InChI is InChI=1S/C61H115NO8/c1-3-5-7-9-11-13-15-17-19-21-23-25-27-29-30-32-34-36-38-40-42-44-46-48-50-55(64)54(53-69-61-60(68)59(67)58(66)56(52-63)70-61)62-57(65)51-49-47-45-43-41-39-37-35-33-31-28-26-24-22-20-18-16-14-12-10-8-6-4-2/h31,33,40,42,48,50,54-56,58-61,63-64,66-68H,3-30,32,34-39,41,43-47,49,51-53H2,1-2H3,(H,62,65)/b33-31-,42-40+,50-48+. The van der Waals surface area contributed by atoms with Crippen LogP contribution in [-0.2, 0) is 14.3 Å². The summed E-state index contributed by atoms with van der Waals surface area (Å²) >= 11 is 0. The van der Waals surface area contributed by atoms with E-state index in [1.807, 2.05) is 6.08 Å². The third kappa shape index (κ3) is 39.9. The number of carbonyl (C=O) groups is 1. The normalized spacial score (nSPS) is 19.6. The van der Waals surface area contributed by atoms with Crippen molar-refractivity contribution < 1.29 is 39.8 Å². The molecule has 1 heterocycles. The highest BCUT2D eigenvalue weighted by atomic mass is 16.7. The van der Waals surface area contributed by atoms with Crippen LogP contribution in [0.1, 0.15) is 290 Å².